The van der Waals surface area contributed by atoms with Gasteiger partial charge in [-0.2, -0.15) is 21.9 Å². The molecule has 2 aromatic heterocycles. The van der Waals surface area contributed by atoms with E-state index in [1.54, 1.807) is 49.1 Å². The number of carbonyl (C=O) groups is 3. The van der Waals surface area contributed by atoms with Gasteiger partial charge in [-0.05, 0) is 127 Å². The molecule has 0 saturated carbocycles. The van der Waals surface area contributed by atoms with E-state index in [0.29, 0.717) is 36.8 Å². The van der Waals surface area contributed by atoms with Gasteiger partial charge in [0, 0.05) is 54.6 Å². The number of nitrogens with zero attached hydrogens (tertiary/aromatic N) is 3. The fourth-order valence-electron chi connectivity index (χ4n) is 7.94. The molecule has 0 radical (unpaired) electrons. The molecule has 6 N–H and O–H groups in total. The third-order valence-corrected chi connectivity index (χ3v) is 14.8. The Bertz CT molecular complexity index is 3510. The van der Waals surface area contributed by atoms with Crippen LogP contribution in [0.5, 0.6) is 23.0 Å². The molecule has 2 heterocycles. The van der Waals surface area contributed by atoms with Crippen LogP contribution in [0.15, 0.2) is 161 Å². The highest BCUT2D eigenvalue weighted by atomic mass is 32.2. The zero-order valence-electron chi connectivity index (χ0n) is 44.9. The van der Waals surface area contributed by atoms with Crippen LogP contribution in [0.25, 0.3) is 16.8 Å². The normalized spacial score (nSPS) is 12.9. The summed E-state index contributed by atoms with van der Waals surface area (Å²) >= 11 is 0. The minimum absolute atomic E-state index is 0.00196. The van der Waals surface area contributed by atoms with Gasteiger partial charge >= 0.3 is 0 Å². The Morgan fingerprint density at radius 2 is 1.33 bits per heavy atom. The number of hydrazone groups is 1. The van der Waals surface area contributed by atoms with Gasteiger partial charge in [0.25, 0.3) is 26.1 Å². The van der Waals surface area contributed by atoms with E-state index in [-0.39, 0.29) is 56.1 Å². The number of fused-ring (bicyclic) bond motifs is 2. The molecular weight excluding hydrogens is 1050 g/mol. The van der Waals surface area contributed by atoms with Crippen LogP contribution < -0.4 is 25.5 Å². The number of phenols is 1. The molecule has 0 atom stereocenters. The van der Waals surface area contributed by atoms with Crippen LogP contribution in [-0.2, 0) is 35.9 Å². The van der Waals surface area contributed by atoms with Crippen molar-refractivity contribution in [2.45, 2.75) is 89.9 Å². The van der Waals surface area contributed by atoms with Crippen molar-refractivity contribution in [1.29, 1.82) is 0 Å². The van der Waals surface area contributed by atoms with Gasteiger partial charge in [-0.3, -0.25) is 38.9 Å². The highest BCUT2D eigenvalue weighted by Crippen LogP contribution is 2.40. The van der Waals surface area contributed by atoms with Crippen molar-refractivity contribution in [3.63, 3.8) is 0 Å². The molecule has 0 saturated heterocycles. The minimum Gasteiger partial charge on any atom is -0.506 e. The number of amides is 2. The maximum absolute atomic E-state index is 13.7. The lowest BCUT2D eigenvalue weighted by molar-refractivity contribution is -0.114. The van der Waals surface area contributed by atoms with E-state index < -0.39 is 53.3 Å². The highest BCUT2D eigenvalue weighted by Gasteiger charge is 2.36. The van der Waals surface area contributed by atoms with Gasteiger partial charge in [-0.1, -0.05) is 90.1 Å². The van der Waals surface area contributed by atoms with Gasteiger partial charge in [0.15, 0.2) is 5.71 Å². The first-order chi connectivity index (χ1) is 37.4. The molecule has 0 fully saturated rings. The molecule has 18 nitrogen and oxygen atoms in total. The van der Waals surface area contributed by atoms with Crippen LogP contribution in [-0.4, -0.2) is 77.5 Å². The van der Waals surface area contributed by atoms with Crippen molar-refractivity contribution in [3.05, 3.63) is 179 Å². The lowest BCUT2D eigenvalue weighted by Gasteiger charge is -2.30. The largest absolute Gasteiger partial charge is 0.506 e. The molecule has 0 aliphatic heterocycles. The lowest BCUT2D eigenvalue weighted by atomic mass is 9.76. The van der Waals surface area contributed by atoms with Crippen LogP contribution in [0.4, 0.5) is 11.4 Å². The number of pyridine rings is 2. The van der Waals surface area contributed by atoms with Gasteiger partial charge in [0.05, 0.1) is 34.0 Å². The van der Waals surface area contributed by atoms with Crippen LogP contribution in [0.3, 0.4) is 0 Å². The van der Waals surface area contributed by atoms with Gasteiger partial charge in [-0.25, -0.2) is 0 Å². The average molecular weight is 1110 g/mol. The average Bonchev–Trinajstić information content (AvgIpc) is 3.55. The zero-order chi connectivity index (χ0) is 57.5. The van der Waals surface area contributed by atoms with E-state index >= 15 is 0 Å². The standard InChI is InChI=1S/C49H54N4O12S2.2C5H5N/c1-8-48(4,5)31-16-21-40(38(26-31)49(6,7)9-2)64-23-13-12-22-50-47(57)37-28-41(35-14-10-11-15-36(35)45(37)55)65-33-19-17-32(18-20-33)52-53-44-42(67(61,62)63)25-30-24-34(66(58,59)60)27-39(51-29(3)54)43(30)46(44)56;2*1-2-4-6-5-3-1/h10-11,14-21,24-28,52,55H,8-9,12-13,22-23H2,1-7H3,(H,50,57)(H,51,54)(H,58,59,60)(H,61,62,63);2*1-5H/b53-44-;;. The van der Waals surface area contributed by atoms with E-state index in [1.807, 2.05) is 36.4 Å². The molecule has 2 amide bonds. The SMILES string of the molecule is CCC(C)(C)c1ccc(OCCCCNC(=O)c2cc(Oc3ccc(N/N=C4\C(=O)c5c(cc(S(=O)(=O)O)cc5NC(C)=O)C=C4S(=O)(=O)O)cc3)c3ccccc3c2O)c(C(C)(C)CC)c1.c1ccncc1.c1ccncc1. The first-order valence-electron chi connectivity index (χ1n) is 25.2. The van der Waals surface area contributed by atoms with E-state index in [0.717, 1.165) is 43.7 Å². The number of hydrogen-bond acceptors (Lipinski definition) is 14. The number of ether oxygens (including phenoxy) is 2. The Labute approximate surface area is 460 Å². The Balaban J connectivity index is 0.000000740. The summed E-state index contributed by atoms with van der Waals surface area (Å²) < 4.78 is 81.0. The number of rotatable bonds is 18. The summed E-state index contributed by atoms with van der Waals surface area (Å²) in [5.74, 6) is -1.14. The predicted molar refractivity (Wildman–Crippen MR) is 306 cm³/mol. The van der Waals surface area contributed by atoms with Crippen LogP contribution in [0.1, 0.15) is 112 Å². The molecule has 1 aliphatic carbocycles. The topological polar surface area (TPSA) is 273 Å². The van der Waals surface area contributed by atoms with Crippen molar-refractivity contribution in [3.8, 4) is 23.0 Å². The summed E-state index contributed by atoms with van der Waals surface area (Å²) in [5.41, 5.74) is 3.36. The number of ketones is 1. The predicted octanol–water partition coefficient (Wildman–Crippen LogP) is 11.6. The number of benzene rings is 5. The van der Waals surface area contributed by atoms with Gasteiger partial charge < -0.3 is 25.2 Å². The van der Waals surface area contributed by atoms with Crippen molar-refractivity contribution in [2.75, 3.05) is 23.9 Å². The molecule has 7 aromatic rings. The summed E-state index contributed by atoms with van der Waals surface area (Å²) in [6, 6.07) is 33.8. The molecule has 8 rings (SSSR count). The number of unbranched alkanes of at least 4 members (excludes halogenated alkanes) is 1. The summed E-state index contributed by atoms with van der Waals surface area (Å²) in [6.45, 7) is 15.2. The number of aromatic hydroxyl groups is 1. The number of Topliss-reactive ketones (excluding diaryl/α,β-unsaturated/α-hetero) is 1. The van der Waals surface area contributed by atoms with Crippen molar-refractivity contribution in [2.24, 2.45) is 5.10 Å². The molecular formula is C59H64N6O12S2. The Morgan fingerprint density at radius 1 is 0.709 bits per heavy atom. The Kier molecular flexibility index (Phi) is 20.0. The lowest BCUT2D eigenvalue weighted by Crippen LogP contribution is -2.28. The Hall–Kier alpha value is -8.30. The summed E-state index contributed by atoms with van der Waals surface area (Å²) in [6.07, 6.45) is 11.0. The number of nitrogens with one attached hydrogen (secondary N) is 3. The molecule has 0 unspecified atom stereocenters. The highest BCUT2D eigenvalue weighted by molar-refractivity contribution is 7.91. The zero-order valence-corrected chi connectivity index (χ0v) is 46.5. The second kappa shape index (κ2) is 26.4. The molecule has 5 aromatic carbocycles. The second-order valence-electron chi connectivity index (χ2n) is 19.5. The quantitative estimate of drug-likeness (QED) is 0.0265. The maximum Gasteiger partial charge on any atom is 0.296 e. The monoisotopic (exact) mass is 1110 g/mol. The van der Waals surface area contributed by atoms with Gasteiger partial charge in [0.1, 0.15) is 27.9 Å². The summed E-state index contributed by atoms with van der Waals surface area (Å²) in [5, 5.41) is 21.3. The van der Waals surface area contributed by atoms with Crippen LogP contribution in [0, 0.1) is 0 Å². The molecule has 414 valence electrons. The molecule has 1 aliphatic rings. The van der Waals surface area contributed by atoms with Gasteiger partial charge in [0.2, 0.25) is 11.7 Å². The number of phenolic OH excluding ortho intramolecular Hbond substituents is 1. The number of hydrogen-bond donors (Lipinski definition) is 6. The van der Waals surface area contributed by atoms with E-state index in [1.165, 1.54) is 41.5 Å². The van der Waals surface area contributed by atoms with Gasteiger partial charge in [-0.15, -0.1) is 0 Å². The van der Waals surface area contributed by atoms with Crippen LogP contribution in [0.2, 0.25) is 0 Å². The third kappa shape index (κ3) is 15.9. The first kappa shape index (κ1) is 59.9. The van der Waals surface area contributed by atoms with Crippen molar-refractivity contribution >= 4 is 71.8 Å². The first-order valence-corrected chi connectivity index (χ1v) is 28.1. The summed E-state index contributed by atoms with van der Waals surface area (Å²) in [4.78, 5) is 45.0. The Morgan fingerprint density at radius 3 is 1.87 bits per heavy atom. The molecule has 0 spiro atoms. The van der Waals surface area contributed by atoms with Crippen molar-refractivity contribution in [1.82, 2.24) is 15.3 Å². The number of carbonyl (C=O) groups excluding carboxylic acids is 3. The fourth-order valence-corrected chi connectivity index (χ4v) is 9.15. The van der Waals surface area contributed by atoms with E-state index in [9.17, 15) is 45.4 Å². The molecule has 79 heavy (non-hydrogen) atoms. The van der Waals surface area contributed by atoms with E-state index in [2.05, 4.69) is 90.9 Å². The summed E-state index contributed by atoms with van der Waals surface area (Å²) in [7, 11) is -10.0. The maximum atomic E-state index is 13.7. The number of anilines is 2. The minimum atomic E-state index is -5.14. The molecule has 20 heteroatoms. The smallest absolute Gasteiger partial charge is 0.296 e. The van der Waals surface area contributed by atoms with E-state index in [4.69, 9.17) is 9.47 Å². The fraction of sp³-hybridized carbons (Fsp3) is 0.254. The molecule has 0 bridgehead atoms. The second-order valence-corrected chi connectivity index (χ2v) is 22.3. The third-order valence-electron chi connectivity index (χ3n) is 13.1. The number of allylic oxidation sites excluding steroid dienone is 1. The van der Waals surface area contributed by atoms with Crippen molar-refractivity contribution < 1.29 is 54.9 Å². The number of aromatic nitrogens is 2. The van der Waals surface area contributed by atoms with Crippen LogP contribution >= 0.6 is 0 Å².